The van der Waals surface area contributed by atoms with Gasteiger partial charge in [0, 0.05) is 18.8 Å². The lowest BCUT2D eigenvalue weighted by Crippen LogP contribution is -3.00. The number of carbonyl (C=O) groups excluding carboxylic acids is 2. The zero-order valence-electron chi connectivity index (χ0n) is 10.2. The molecule has 0 fully saturated rings. The quantitative estimate of drug-likeness (QED) is 0.359. The molecule has 1 atom stereocenters. The second kappa shape index (κ2) is 7.46. The van der Waals surface area contributed by atoms with Gasteiger partial charge in [0.25, 0.3) is 0 Å². The number of rotatable bonds is 6. The van der Waals surface area contributed by atoms with Crippen molar-refractivity contribution in [1.82, 2.24) is 0 Å². The van der Waals surface area contributed by atoms with Crippen molar-refractivity contribution in [2.45, 2.75) is 25.9 Å². The number of hydrogen-bond acceptors (Lipinski definition) is 4. The smallest absolute Gasteiger partial charge is 0.306 e. The topological polar surface area (TPSA) is 66.4 Å². The summed E-state index contributed by atoms with van der Waals surface area (Å²) in [6, 6.07) is 0. The first kappa shape index (κ1) is 17.6. The minimum atomic E-state index is -1.20. The van der Waals surface area contributed by atoms with Crippen LogP contribution in [0.15, 0.2) is 0 Å². The van der Waals surface area contributed by atoms with Crippen LogP contribution in [0, 0.1) is 0 Å². The van der Waals surface area contributed by atoms with Gasteiger partial charge in [0.2, 0.25) is 0 Å². The Morgan fingerprint density at radius 2 is 1.81 bits per heavy atom. The van der Waals surface area contributed by atoms with E-state index in [4.69, 9.17) is 4.74 Å². The molecule has 0 unspecified atom stereocenters. The van der Waals surface area contributed by atoms with Crippen LogP contribution in [-0.4, -0.2) is 50.2 Å². The molecular formula is C10H19ClNO4-. The van der Waals surface area contributed by atoms with Crippen LogP contribution in [0.2, 0.25) is 0 Å². The molecule has 0 N–H and O–H groups in total. The Morgan fingerprint density at radius 1 is 1.31 bits per heavy atom. The number of carbonyl (C=O) groups is 2. The number of ether oxygens (including phenoxy) is 1. The number of aliphatic carboxylic acids is 1. The van der Waals surface area contributed by atoms with Crippen LogP contribution in [0.25, 0.3) is 0 Å². The van der Waals surface area contributed by atoms with Crippen LogP contribution >= 0.6 is 0 Å². The first-order chi connectivity index (χ1) is 6.74. The lowest BCUT2D eigenvalue weighted by atomic mass is 10.2. The Balaban J connectivity index is 0. The molecule has 0 aromatic rings. The van der Waals surface area contributed by atoms with Crippen molar-refractivity contribution in [1.29, 1.82) is 0 Å². The van der Waals surface area contributed by atoms with Crippen molar-refractivity contribution in [2.75, 3.05) is 27.7 Å². The van der Waals surface area contributed by atoms with E-state index in [1.165, 1.54) is 0 Å². The third-order valence-electron chi connectivity index (χ3n) is 1.73. The minimum Gasteiger partial charge on any atom is -1.00 e. The average Bonchev–Trinajstić information content (AvgIpc) is 1.99. The van der Waals surface area contributed by atoms with Crippen molar-refractivity contribution >= 4 is 11.9 Å². The fourth-order valence-corrected chi connectivity index (χ4v) is 1.21. The van der Waals surface area contributed by atoms with E-state index >= 15 is 0 Å². The van der Waals surface area contributed by atoms with Crippen LogP contribution in [0.4, 0.5) is 0 Å². The Bertz CT molecular complexity index is 237. The largest absolute Gasteiger partial charge is 1.00 e. The van der Waals surface area contributed by atoms with Gasteiger partial charge in [-0.2, -0.15) is 0 Å². The second-order valence-corrected chi connectivity index (χ2v) is 4.51. The highest BCUT2D eigenvalue weighted by atomic mass is 35.5. The molecule has 0 rings (SSSR count). The molecule has 96 valence electrons. The van der Waals surface area contributed by atoms with Crippen molar-refractivity contribution < 1.29 is 36.3 Å². The van der Waals surface area contributed by atoms with Gasteiger partial charge in [-0.1, -0.05) is 6.92 Å². The fourth-order valence-electron chi connectivity index (χ4n) is 1.21. The van der Waals surface area contributed by atoms with Crippen molar-refractivity contribution in [3.8, 4) is 0 Å². The molecule has 0 amide bonds. The number of carboxylic acid groups (broad SMARTS) is 1. The minimum absolute atomic E-state index is 0. The predicted octanol–water partition coefficient (Wildman–Crippen LogP) is -3.84. The number of esters is 1. The monoisotopic (exact) mass is 252 g/mol. The van der Waals surface area contributed by atoms with Crippen molar-refractivity contribution in [3.63, 3.8) is 0 Å². The lowest BCUT2D eigenvalue weighted by Gasteiger charge is -2.29. The second-order valence-electron chi connectivity index (χ2n) is 4.51. The molecule has 5 nitrogen and oxygen atoms in total. The molecule has 6 heteroatoms. The van der Waals surface area contributed by atoms with E-state index in [2.05, 4.69) is 0 Å². The third-order valence-corrected chi connectivity index (χ3v) is 1.73. The predicted molar refractivity (Wildman–Crippen MR) is 52.7 cm³/mol. The number of likely N-dealkylation sites (N-methyl/N-ethyl adjacent to an activating group) is 1. The van der Waals surface area contributed by atoms with Gasteiger partial charge in [-0.25, -0.2) is 0 Å². The lowest BCUT2D eigenvalue weighted by molar-refractivity contribution is -0.873. The number of hydrogen-bond donors (Lipinski definition) is 0. The average molecular weight is 253 g/mol. The normalized spacial score (nSPS) is 12.5. The summed E-state index contributed by atoms with van der Waals surface area (Å²) in [6.45, 7) is 2.13. The highest BCUT2D eigenvalue weighted by molar-refractivity contribution is 5.70. The van der Waals surface area contributed by atoms with Crippen LogP contribution in [-0.2, 0) is 14.3 Å². The Hall–Kier alpha value is -0.810. The maximum absolute atomic E-state index is 11.0. The van der Waals surface area contributed by atoms with Gasteiger partial charge in [-0.05, 0) is 0 Å². The van der Waals surface area contributed by atoms with Crippen LogP contribution < -0.4 is 17.5 Å². The standard InChI is InChI=1S/C10H19NO4.ClH/c1-5-10(14)15-8(6-9(12)13)7-11(2,3)4;/h8H,5-7H2,1-4H3;1H/p-1/t8-;/m1./s1. The molecular weight excluding hydrogens is 234 g/mol. The summed E-state index contributed by atoms with van der Waals surface area (Å²) in [5, 5.41) is 10.5. The Kier molecular flexibility index (Phi) is 8.20. The molecule has 0 saturated carbocycles. The van der Waals surface area contributed by atoms with E-state index in [0.717, 1.165) is 0 Å². The van der Waals surface area contributed by atoms with Gasteiger partial charge in [0.05, 0.1) is 21.1 Å². The molecule has 0 saturated heterocycles. The van der Waals surface area contributed by atoms with Gasteiger partial charge in [0.15, 0.2) is 6.10 Å². The fraction of sp³-hybridized carbons (Fsp3) is 0.800. The maximum atomic E-state index is 11.0. The maximum Gasteiger partial charge on any atom is 0.306 e. The summed E-state index contributed by atoms with van der Waals surface area (Å²) in [5.74, 6) is -1.58. The van der Waals surface area contributed by atoms with Gasteiger partial charge < -0.3 is 31.5 Å². The van der Waals surface area contributed by atoms with E-state index in [1.807, 2.05) is 21.1 Å². The van der Waals surface area contributed by atoms with Gasteiger partial charge in [-0.15, -0.1) is 0 Å². The van der Waals surface area contributed by atoms with E-state index in [1.54, 1.807) is 6.92 Å². The van der Waals surface area contributed by atoms with Gasteiger partial charge >= 0.3 is 5.97 Å². The number of halogens is 1. The summed E-state index contributed by atoms with van der Waals surface area (Å²) in [5.41, 5.74) is 0. The molecule has 0 bridgehead atoms. The highest BCUT2D eigenvalue weighted by Gasteiger charge is 2.21. The highest BCUT2D eigenvalue weighted by Crippen LogP contribution is 2.05. The Morgan fingerprint density at radius 3 is 2.12 bits per heavy atom. The first-order valence-electron chi connectivity index (χ1n) is 4.94. The molecule has 0 heterocycles. The SMILES string of the molecule is CCC(=O)O[C@H](CC(=O)[O-])C[N+](C)(C)C.[Cl-]. The van der Waals surface area contributed by atoms with E-state index in [-0.39, 0.29) is 31.2 Å². The summed E-state index contributed by atoms with van der Waals surface area (Å²) >= 11 is 0. The van der Waals surface area contributed by atoms with Crippen molar-refractivity contribution in [2.24, 2.45) is 0 Å². The molecule has 0 radical (unpaired) electrons. The van der Waals surface area contributed by atoms with Gasteiger partial charge in [-0.3, -0.25) is 4.79 Å². The molecule has 0 spiro atoms. The molecule has 16 heavy (non-hydrogen) atoms. The molecule has 0 aromatic carbocycles. The molecule has 0 aliphatic heterocycles. The van der Waals surface area contributed by atoms with E-state index < -0.39 is 12.1 Å². The van der Waals surface area contributed by atoms with Crippen LogP contribution in [0.3, 0.4) is 0 Å². The summed E-state index contributed by atoms with van der Waals surface area (Å²) in [6.07, 6.45) is -0.607. The molecule has 0 aliphatic carbocycles. The third kappa shape index (κ3) is 9.73. The van der Waals surface area contributed by atoms with Gasteiger partial charge in [0.1, 0.15) is 6.54 Å². The van der Waals surface area contributed by atoms with Crippen molar-refractivity contribution in [3.05, 3.63) is 0 Å². The van der Waals surface area contributed by atoms with Crippen LogP contribution in [0.5, 0.6) is 0 Å². The number of carboxylic acids is 1. The summed E-state index contributed by atoms with van der Waals surface area (Å²) < 4.78 is 5.55. The molecule has 0 aliphatic rings. The van der Waals surface area contributed by atoms with E-state index in [0.29, 0.717) is 11.0 Å². The van der Waals surface area contributed by atoms with Crippen LogP contribution in [0.1, 0.15) is 19.8 Å². The zero-order valence-corrected chi connectivity index (χ0v) is 10.9. The number of quaternary nitrogens is 1. The number of nitrogens with zero attached hydrogens (tertiary/aromatic N) is 1. The molecule has 0 aromatic heterocycles. The summed E-state index contributed by atoms with van der Waals surface area (Å²) in [4.78, 5) is 21.5. The Labute approximate surface area is 102 Å². The zero-order chi connectivity index (χ0) is 12.1. The van der Waals surface area contributed by atoms with E-state index in [9.17, 15) is 14.7 Å². The first-order valence-corrected chi connectivity index (χ1v) is 4.94. The summed E-state index contributed by atoms with van der Waals surface area (Å²) in [7, 11) is 5.71.